The lowest BCUT2D eigenvalue weighted by Crippen LogP contribution is -2.35. The average Bonchev–Trinajstić information content (AvgIpc) is 2.01. The Kier molecular flexibility index (Phi) is 2.18. The Morgan fingerprint density at radius 2 is 2.17 bits per heavy atom. The highest BCUT2D eigenvalue weighted by Gasteiger charge is 2.31. The number of hydrogen-bond donors (Lipinski definition) is 1. The summed E-state index contributed by atoms with van der Waals surface area (Å²) >= 11 is 0. The molecule has 2 nitrogen and oxygen atoms in total. The summed E-state index contributed by atoms with van der Waals surface area (Å²) in [4.78, 5) is 4.57. The van der Waals surface area contributed by atoms with Crippen molar-refractivity contribution >= 4 is 5.71 Å². The highest BCUT2D eigenvalue weighted by molar-refractivity contribution is 5.88. The third-order valence-corrected chi connectivity index (χ3v) is 3.08. The first kappa shape index (κ1) is 8.24. The van der Waals surface area contributed by atoms with Gasteiger partial charge in [0, 0.05) is 18.2 Å². The number of rotatable bonds is 1. The second-order valence-electron chi connectivity index (χ2n) is 4.30. The van der Waals surface area contributed by atoms with Crippen LogP contribution in [0.25, 0.3) is 0 Å². The molecule has 0 amide bonds. The quantitative estimate of drug-likeness (QED) is 0.632. The summed E-state index contributed by atoms with van der Waals surface area (Å²) in [5.74, 6) is 1.41. The Morgan fingerprint density at radius 3 is 2.67 bits per heavy atom. The Bertz CT molecular complexity index is 194. The van der Waals surface area contributed by atoms with Gasteiger partial charge in [-0.1, -0.05) is 6.92 Å². The fraction of sp³-hybridized carbons (Fsp3) is 0.900. The fourth-order valence-electron chi connectivity index (χ4n) is 2.03. The van der Waals surface area contributed by atoms with Crippen molar-refractivity contribution in [2.75, 3.05) is 6.54 Å². The first-order valence-electron chi connectivity index (χ1n) is 4.97. The predicted octanol–water partition coefficient (Wildman–Crippen LogP) is 1.63. The van der Waals surface area contributed by atoms with Gasteiger partial charge in [0.05, 0.1) is 6.10 Å². The molecule has 2 heteroatoms. The van der Waals surface area contributed by atoms with E-state index >= 15 is 0 Å². The van der Waals surface area contributed by atoms with Crippen molar-refractivity contribution in [3.63, 3.8) is 0 Å². The van der Waals surface area contributed by atoms with Crippen LogP contribution in [-0.4, -0.2) is 23.5 Å². The molecule has 2 aliphatic rings. The molecule has 1 aliphatic carbocycles. The van der Waals surface area contributed by atoms with Crippen LogP contribution in [0.3, 0.4) is 0 Å². The molecule has 1 fully saturated rings. The SMILES string of the molecule is CC1CCC(C2CC(O)C2)=NC1. The smallest absolute Gasteiger partial charge is 0.0552 e. The van der Waals surface area contributed by atoms with Crippen LogP contribution in [0.5, 0.6) is 0 Å². The van der Waals surface area contributed by atoms with Crippen molar-refractivity contribution in [3.8, 4) is 0 Å². The summed E-state index contributed by atoms with van der Waals surface area (Å²) in [7, 11) is 0. The maximum atomic E-state index is 9.15. The van der Waals surface area contributed by atoms with Gasteiger partial charge in [-0.15, -0.1) is 0 Å². The van der Waals surface area contributed by atoms with E-state index in [0.717, 1.165) is 25.3 Å². The van der Waals surface area contributed by atoms with E-state index in [2.05, 4.69) is 11.9 Å². The Morgan fingerprint density at radius 1 is 1.42 bits per heavy atom. The number of aliphatic imine (C=N–C) groups is 1. The van der Waals surface area contributed by atoms with Gasteiger partial charge in [-0.2, -0.15) is 0 Å². The van der Waals surface area contributed by atoms with Crippen LogP contribution < -0.4 is 0 Å². The number of hydrogen-bond acceptors (Lipinski definition) is 2. The van der Waals surface area contributed by atoms with Gasteiger partial charge in [-0.25, -0.2) is 0 Å². The van der Waals surface area contributed by atoms with Crippen LogP contribution in [0.1, 0.15) is 32.6 Å². The molecule has 1 saturated carbocycles. The van der Waals surface area contributed by atoms with Crippen molar-refractivity contribution in [1.29, 1.82) is 0 Å². The van der Waals surface area contributed by atoms with E-state index < -0.39 is 0 Å². The highest BCUT2D eigenvalue weighted by Crippen LogP contribution is 2.32. The van der Waals surface area contributed by atoms with Crippen molar-refractivity contribution in [2.45, 2.75) is 38.7 Å². The number of aliphatic hydroxyl groups excluding tert-OH is 1. The van der Waals surface area contributed by atoms with Crippen LogP contribution in [0.4, 0.5) is 0 Å². The van der Waals surface area contributed by atoms with Gasteiger partial charge < -0.3 is 5.11 Å². The zero-order valence-corrected chi connectivity index (χ0v) is 7.66. The van der Waals surface area contributed by atoms with E-state index in [9.17, 15) is 0 Å². The second kappa shape index (κ2) is 3.17. The van der Waals surface area contributed by atoms with Gasteiger partial charge in [0.1, 0.15) is 0 Å². The Hall–Kier alpha value is -0.370. The van der Waals surface area contributed by atoms with Crippen molar-refractivity contribution in [1.82, 2.24) is 0 Å². The van der Waals surface area contributed by atoms with Gasteiger partial charge in [-0.05, 0) is 31.6 Å². The lowest BCUT2D eigenvalue weighted by molar-refractivity contribution is 0.0689. The number of aliphatic hydroxyl groups is 1. The summed E-state index contributed by atoms with van der Waals surface area (Å²) in [5.41, 5.74) is 1.39. The van der Waals surface area contributed by atoms with E-state index in [4.69, 9.17) is 5.11 Å². The first-order chi connectivity index (χ1) is 5.75. The minimum atomic E-state index is -0.0305. The first-order valence-corrected chi connectivity index (χ1v) is 4.97. The van der Waals surface area contributed by atoms with E-state index in [1.807, 2.05) is 0 Å². The molecule has 0 aromatic carbocycles. The minimum absolute atomic E-state index is 0.0305. The summed E-state index contributed by atoms with van der Waals surface area (Å²) < 4.78 is 0. The van der Waals surface area contributed by atoms with Gasteiger partial charge in [-0.3, -0.25) is 4.99 Å². The molecule has 1 heterocycles. The second-order valence-corrected chi connectivity index (χ2v) is 4.30. The van der Waals surface area contributed by atoms with Gasteiger partial charge in [0.2, 0.25) is 0 Å². The van der Waals surface area contributed by atoms with Crippen LogP contribution in [0.2, 0.25) is 0 Å². The van der Waals surface area contributed by atoms with E-state index in [1.165, 1.54) is 18.6 Å². The number of nitrogens with zero attached hydrogens (tertiary/aromatic N) is 1. The summed E-state index contributed by atoms with van der Waals surface area (Å²) in [6.45, 7) is 3.28. The molecule has 1 N–H and O–H groups in total. The summed E-state index contributed by atoms with van der Waals surface area (Å²) in [6.07, 6.45) is 4.38. The van der Waals surface area contributed by atoms with Crippen molar-refractivity contribution in [3.05, 3.63) is 0 Å². The third-order valence-electron chi connectivity index (χ3n) is 3.08. The molecule has 1 aliphatic heterocycles. The zero-order valence-electron chi connectivity index (χ0n) is 7.66. The molecule has 1 unspecified atom stereocenters. The lowest BCUT2D eigenvalue weighted by atomic mass is 9.76. The summed E-state index contributed by atoms with van der Waals surface area (Å²) in [5, 5.41) is 9.15. The third kappa shape index (κ3) is 1.53. The van der Waals surface area contributed by atoms with Crippen LogP contribution in [0.15, 0.2) is 4.99 Å². The Labute approximate surface area is 73.7 Å². The topological polar surface area (TPSA) is 32.6 Å². The minimum Gasteiger partial charge on any atom is -0.393 e. The maximum Gasteiger partial charge on any atom is 0.0552 e. The molecular weight excluding hydrogens is 150 g/mol. The van der Waals surface area contributed by atoms with Crippen molar-refractivity contribution in [2.24, 2.45) is 16.8 Å². The maximum absolute atomic E-state index is 9.15. The van der Waals surface area contributed by atoms with Crippen LogP contribution in [0, 0.1) is 11.8 Å². The average molecular weight is 167 g/mol. The van der Waals surface area contributed by atoms with E-state index in [1.54, 1.807) is 0 Å². The van der Waals surface area contributed by atoms with Gasteiger partial charge in [0.15, 0.2) is 0 Å². The largest absolute Gasteiger partial charge is 0.393 e. The highest BCUT2D eigenvalue weighted by atomic mass is 16.3. The molecule has 12 heavy (non-hydrogen) atoms. The normalized spacial score (nSPS) is 41.8. The van der Waals surface area contributed by atoms with E-state index in [-0.39, 0.29) is 6.10 Å². The van der Waals surface area contributed by atoms with Crippen LogP contribution in [-0.2, 0) is 0 Å². The van der Waals surface area contributed by atoms with E-state index in [0.29, 0.717) is 5.92 Å². The zero-order chi connectivity index (χ0) is 8.55. The molecule has 0 saturated heterocycles. The van der Waals surface area contributed by atoms with Gasteiger partial charge >= 0.3 is 0 Å². The molecule has 0 bridgehead atoms. The standard InChI is InChI=1S/C10H17NO/c1-7-2-3-10(11-6-7)8-4-9(12)5-8/h7-9,12H,2-6H2,1H3. The van der Waals surface area contributed by atoms with Crippen LogP contribution >= 0.6 is 0 Å². The monoisotopic (exact) mass is 167 g/mol. The summed E-state index contributed by atoms with van der Waals surface area (Å²) in [6, 6.07) is 0. The van der Waals surface area contributed by atoms with Crippen molar-refractivity contribution < 1.29 is 5.11 Å². The molecule has 2 rings (SSSR count). The molecule has 68 valence electrons. The Balaban J connectivity index is 1.89. The molecular formula is C10H17NO. The molecule has 0 aromatic heterocycles. The molecule has 0 aromatic rings. The predicted molar refractivity (Wildman–Crippen MR) is 49.4 cm³/mol. The fourth-order valence-corrected chi connectivity index (χ4v) is 2.03. The molecule has 0 radical (unpaired) electrons. The van der Waals surface area contributed by atoms with Gasteiger partial charge in [0.25, 0.3) is 0 Å². The lowest BCUT2D eigenvalue weighted by Gasteiger charge is -2.34. The molecule has 0 spiro atoms. The molecule has 1 atom stereocenters.